The summed E-state index contributed by atoms with van der Waals surface area (Å²) in [7, 11) is 0. The Hall–Kier alpha value is -2.93. The Balaban J connectivity index is 1.68. The van der Waals surface area contributed by atoms with Gasteiger partial charge in [0.2, 0.25) is 5.91 Å². The van der Waals surface area contributed by atoms with Crippen molar-refractivity contribution >= 4 is 34.5 Å². The number of aromatic nitrogens is 1. The molecule has 1 aromatic carbocycles. The molecule has 3 rings (SSSR count). The van der Waals surface area contributed by atoms with E-state index in [4.69, 9.17) is 4.42 Å². The van der Waals surface area contributed by atoms with E-state index in [1.807, 2.05) is 0 Å². The summed E-state index contributed by atoms with van der Waals surface area (Å²) in [6.45, 7) is 1.44. The topological polar surface area (TPSA) is 84.2 Å². The van der Waals surface area contributed by atoms with Gasteiger partial charge in [0.05, 0.1) is 6.26 Å². The van der Waals surface area contributed by atoms with Gasteiger partial charge < -0.3 is 15.1 Å². The van der Waals surface area contributed by atoms with Crippen molar-refractivity contribution in [2.75, 3.05) is 10.6 Å². The van der Waals surface area contributed by atoms with Gasteiger partial charge in [-0.05, 0) is 36.4 Å². The van der Waals surface area contributed by atoms with E-state index in [2.05, 4.69) is 15.6 Å². The Labute approximate surface area is 136 Å². The number of rotatable bonds is 4. The van der Waals surface area contributed by atoms with E-state index in [1.165, 1.54) is 18.3 Å². The van der Waals surface area contributed by atoms with E-state index in [0.717, 1.165) is 0 Å². The van der Waals surface area contributed by atoms with Crippen LogP contribution >= 0.6 is 11.3 Å². The molecule has 0 aliphatic carbocycles. The molecule has 2 N–H and O–H groups in total. The Morgan fingerprint density at radius 1 is 1.09 bits per heavy atom. The average molecular weight is 327 g/mol. The molecule has 2 heterocycles. The lowest BCUT2D eigenvalue weighted by molar-refractivity contribution is -0.114. The largest absolute Gasteiger partial charge is 0.462 e. The molecule has 0 aliphatic rings. The third-order valence-corrected chi connectivity index (χ3v) is 3.79. The number of nitrogens with one attached hydrogen (secondary N) is 2. The summed E-state index contributed by atoms with van der Waals surface area (Å²) in [6, 6.07) is 10.4. The molecule has 0 saturated carbocycles. The van der Waals surface area contributed by atoms with Gasteiger partial charge in [0, 0.05) is 23.7 Å². The van der Waals surface area contributed by atoms with Crippen LogP contribution in [-0.4, -0.2) is 16.8 Å². The summed E-state index contributed by atoms with van der Waals surface area (Å²) < 4.78 is 5.26. The maximum Gasteiger partial charge on any atom is 0.275 e. The molecule has 0 spiro atoms. The first-order chi connectivity index (χ1) is 11.1. The summed E-state index contributed by atoms with van der Waals surface area (Å²) >= 11 is 1.34. The van der Waals surface area contributed by atoms with Crippen LogP contribution in [0.4, 0.5) is 11.4 Å². The van der Waals surface area contributed by atoms with Gasteiger partial charge in [0.15, 0.2) is 10.8 Å². The maximum absolute atomic E-state index is 12.2. The number of furan rings is 1. The third kappa shape index (κ3) is 3.64. The zero-order valence-corrected chi connectivity index (χ0v) is 13.0. The highest BCUT2D eigenvalue weighted by molar-refractivity contribution is 7.13. The van der Waals surface area contributed by atoms with E-state index >= 15 is 0 Å². The van der Waals surface area contributed by atoms with E-state index in [-0.39, 0.29) is 11.8 Å². The smallest absolute Gasteiger partial charge is 0.275 e. The predicted octanol–water partition coefficient (Wildman–Crippen LogP) is 3.61. The lowest BCUT2D eigenvalue weighted by atomic mass is 10.2. The highest BCUT2D eigenvalue weighted by Crippen LogP contribution is 2.24. The number of carbonyl (C=O) groups excluding carboxylic acids is 2. The molecular weight excluding hydrogens is 314 g/mol. The van der Waals surface area contributed by atoms with Gasteiger partial charge >= 0.3 is 0 Å². The Bertz CT molecular complexity index is 823. The second-order valence-electron chi connectivity index (χ2n) is 4.73. The number of thiazole rings is 1. The highest BCUT2D eigenvalue weighted by atomic mass is 32.1. The van der Waals surface area contributed by atoms with Gasteiger partial charge in [-0.15, -0.1) is 11.3 Å². The minimum Gasteiger partial charge on any atom is -0.462 e. The lowest BCUT2D eigenvalue weighted by Crippen LogP contribution is -2.12. The zero-order valence-electron chi connectivity index (χ0n) is 12.2. The molecule has 0 unspecified atom stereocenters. The van der Waals surface area contributed by atoms with Crippen LogP contribution in [-0.2, 0) is 4.79 Å². The van der Waals surface area contributed by atoms with Crippen LogP contribution in [0.5, 0.6) is 0 Å². The SMILES string of the molecule is CC(=O)Nc1ccc(NC(=O)c2csc(-c3ccco3)n2)cc1. The number of hydrogen-bond acceptors (Lipinski definition) is 5. The summed E-state index contributed by atoms with van der Waals surface area (Å²) in [5.41, 5.74) is 1.62. The molecule has 7 heteroatoms. The van der Waals surface area contributed by atoms with Gasteiger partial charge in [-0.2, -0.15) is 0 Å². The van der Waals surface area contributed by atoms with Crippen LogP contribution in [0.3, 0.4) is 0 Å². The fourth-order valence-corrected chi connectivity index (χ4v) is 2.69. The lowest BCUT2D eigenvalue weighted by Gasteiger charge is -2.05. The van der Waals surface area contributed by atoms with Gasteiger partial charge in [0.25, 0.3) is 5.91 Å². The number of benzene rings is 1. The minimum absolute atomic E-state index is 0.144. The van der Waals surface area contributed by atoms with Gasteiger partial charge in [-0.3, -0.25) is 9.59 Å². The van der Waals surface area contributed by atoms with Crippen molar-refractivity contribution in [1.29, 1.82) is 0 Å². The van der Waals surface area contributed by atoms with Crippen molar-refractivity contribution in [3.63, 3.8) is 0 Å². The van der Waals surface area contributed by atoms with Gasteiger partial charge in [0.1, 0.15) is 5.69 Å². The zero-order chi connectivity index (χ0) is 16.2. The van der Waals surface area contributed by atoms with Crippen LogP contribution in [0, 0.1) is 0 Å². The van der Waals surface area contributed by atoms with Crippen LogP contribution in [0.25, 0.3) is 10.8 Å². The maximum atomic E-state index is 12.2. The quantitative estimate of drug-likeness (QED) is 0.766. The third-order valence-electron chi connectivity index (χ3n) is 2.93. The molecule has 0 aliphatic heterocycles. The van der Waals surface area contributed by atoms with Crippen LogP contribution in [0.1, 0.15) is 17.4 Å². The first-order valence-corrected chi connectivity index (χ1v) is 7.68. The number of nitrogens with zero attached hydrogens (tertiary/aromatic N) is 1. The van der Waals surface area contributed by atoms with Crippen molar-refractivity contribution in [1.82, 2.24) is 4.98 Å². The first kappa shape index (κ1) is 15.0. The molecule has 0 saturated heterocycles. The molecule has 2 aromatic heterocycles. The van der Waals surface area contributed by atoms with E-state index < -0.39 is 0 Å². The molecule has 0 radical (unpaired) electrons. The van der Waals surface area contributed by atoms with Gasteiger partial charge in [-0.1, -0.05) is 0 Å². The van der Waals surface area contributed by atoms with Crippen molar-refractivity contribution in [3.05, 3.63) is 53.7 Å². The Morgan fingerprint density at radius 3 is 2.39 bits per heavy atom. The van der Waals surface area contributed by atoms with Crippen LogP contribution < -0.4 is 10.6 Å². The Kier molecular flexibility index (Phi) is 4.20. The summed E-state index contributed by atoms with van der Waals surface area (Å²) in [5, 5.41) is 7.76. The van der Waals surface area contributed by atoms with E-state index in [1.54, 1.807) is 48.0 Å². The summed E-state index contributed by atoms with van der Waals surface area (Å²) in [4.78, 5) is 27.4. The van der Waals surface area contributed by atoms with Crippen molar-refractivity contribution in [2.45, 2.75) is 6.92 Å². The molecule has 0 fully saturated rings. The second-order valence-corrected chi connectivity index (χ2v) is 5.59. The highest BCUT2D eigenvalue weighted by Gasteiger charge is 2.13. The van der Waals surface area contributed by atoms with Crippen molar-refractivity contribution < 1.29 is 14.0 Å². The fraction of sp³-hybridized carbons (Fsp3) is 0.0625. The van der Waals surface area contributed by atoms with Crippen molar-refractivity contribution in [3.8, 4) is 10.8 Å². The molecule has 0 atom stereocenters. The number of hydrogen-bond donors (Lipinski definition) is 2. The summed E-state index contributed by atoms with van der Waals surface area (Å²) in [5.74, 6) is 0.190. The van der Waals surface area contributed by atoms with Crippen LogP contribution in [0.15, 0.2) is 52.5 Å². The number of carbonyl (C=O) groups is 2. The van der Waals surface area contributed by atoms with Crippen LogP contribution in [0.2, 0.25) is 0 Å². The Morgan fingerprint density at radius 2 is 1.78 bits per heavy atom. The average Bonchev–Trinajstić information content (AvgIpc) is 3.19. The summed E-state index contributed by atoms with van der Waals surface area (Å²) in [6.07, 6.45) is 1.56. The molecule has 116 valence electrons. The normalized spacial score (nSPS) is 10.3. The van der Waals surface area contributed by atoms with Crippen molar-refractivity contribution in [2.24, 2.45) is 0 Å². The molecule has 23 heavy (non-hydrogen) atoms. The molecule has 3 aromatic rings. The fourth-order valence-electron chi connectivity index (χ4n) is 1.93. The molecule has 6 nitrogen and oxygen atoms in total. The van der Waals surface area contributed by atoms with E-state index in [9.17, 15) is 9.59 Å². The second kappa shape index (κ2) is 6.45. The van der Waals surface area contributed by atoms with Gasteiger partial charge in [-0.25, -0.2) is 4.98 Å². The minimum atomic E-state index is -0.300. The first-order valence-electron chi connectivity index (χ1n) is 6.80. The number of amides is 2. The molecule has 0 bridgehead atoms. The monoisotopic (exact) mass is 327 g/mol. The van der Waals surface area contributed by atoms with E-state index in [0.29, 0.717) is 27.8 Å². The predicted molar refractivity (Wildman–Crippen MR) is 88.5 cm³/mol. The molecule has 2 amide bonds. The number of anilines is 2. The standard InChI is InChI=1S/C16H13N3O3S/c1-10(20)17-11-4-6-12(7-5-11)18-15(21)13-9-23-16(19-13)14-3-2-8-22-14/h2-9H,1H3,(H,17,20)(H,18,21). The molecular formula is C16H13N3O3S.